The average molecular weight is 287 g/mol. The SMILES string of the molecule is O=[N+]([O-])c1cc(CO)cc(-c2nc3ccncc3s2)c1. The molecule has 0 spiro atoms. The lowest BCUT2D eigenvalue weighted by atomic mass is 10.1. The monoisotopic (exact) mass is 287 g/mol. The molecule has 0 fully saturated rings. The summed E-state index contributed by atoms with van der Waals surface area (Å²) >= 11 is 1.41. The summed E-state index contributed by atoms with van der Waals surface area (Å²) in [4.78, 5) is 18.9. The Morgan fingerprint density at radius 3 is 2.90 bits per heavy atom. The lowest BCUT2D eigenvalue weighted by Gasteiger charge is -2.01. The van der Waals surface area contributed by atoms with Gasteiger partial charge in [0, 0.05) is 30.1 Å². The highest BCUT2D eigenvalue weighted by Gasteiger charge is 2.13. The molecule has 0 amide bonds. The van der Waals surface area contributed by atoms with Gasteiger partial charge < -0.3 is 5.11 Å². The fourth-order valence-electron chi connectivity index (χ4n) is 1.90. The Labute approximate surface area is 117 Å². The number of pyridine rings is 1. The normalized spacial score (nSPS) is 10.8. The van der Waals surface area contributed by atoms with E-state index in [9.17, 15) is 15.2 Å². The predicted octanol–water partition coefficient (Wildman–Crippen LogP) is 2.76. The summed E-state index contributed by atoms with van der Waals surface area (Å²) < 4.78 is 0.916. The third-order valence-corrected chi connectivity index (χ3v) is 3.86. The fraction of sp³-hybridized carbons (Fsp3) is 0.0769. The van der Waals surface area contributed by atoms with Crippen LogP contribution in [0, 0.1) is 10.1 Å². The Kier molecular flexibility index (Phi) is 3.13. The highest BCUT2D eigenvalue weighted by atomic mass is 32.1. The van der Waals surface area contributed by atoms with E-state index in [1.54, 1.807) is 24.5 Å². The third kappa shape index (κ3) is 2.24. The first-order valence-corrected chi connectivity index (χ1v) is 6.59. The number of aromatic nitrogens is 2. The molecular formula is C13H9N3O3S. The zero-order chi connectivity index (χ0) is 14.1. The molecule has 20 heavy (non-hydrogen) atoms. The number of aliphatic hydroxyl groups is 1. The number of non-ortho nitro benzene ring substituents is 1. The van der Waals surface area contributed by atoms with Crippen molar-refractivity contribution in [3.8, 4) is 10.6 Å². The number of nitro groups is 1. The molecule has 0 aliphatic rings. The van der Waals surface area contributed by atoms with E-state index >= 15 is 0 Å². The van der Waals surface area contributed by atoms with E-state index in [0.29, 0.717) is 16.1 Å². The molecule has 0 aliphatic carbocycles. The van der Waals surface area contributed by atoms with Gasteiger partial charge >= 0.3 is 0 Å². The molecule has 1 aromatic carbocycles. The largest absolute Gasteiger partial charge is 0.392 e. The summed E-state index contributed by atoms with van der Waals surface area (Å²) in [7, 11) is 0. The van der Waals surface area contributed by atoms with Gasteiger partial charge in [-0.3, -0.25) is 15.1 Å². The molecule has 0 bridgehead atoms. The maximum atomic E-state index is 10.9. The van der Waals surface area contributed by atoms with Crippen LogP contribution in [0.5, 0.6) is 0 Å². The van der Waals surface area contributed by atoms with Crippen LogP contribution in [0.2, 0.25) is 0 Å². The van der Waals surface area contributed by atoms with E-state index in [1.807, 2.05) is 0 Å². The minimum atomic E-state index is -0.475. The lowest BCUT2D eigenvalue weighted by Crippen LogP contribution is -1.92. The van der Waals surface area contributed by atoms with Crippen LogP contribution in [0.15, 0.2) is 36.7 Å². The highest BCUT2D eigenvalue weighted by molar-refractivity contribution is 7.21. The molecule has 0 saturated heterocycles. The van der Waals surface area contributed by atoms with E-state index in [4.69, 9.17) is 0 Å². The first kappa shape index (κ1) is 12.6. The van der Waals surface area contributed by atoms with Crippen molar-refractivity contribution in [1.29, 1.82) is 0 Å². The number of aliphatic hydroxyl groups excluding tert-OH is 1. The molecule has 0 unspecified atom stereocenters. The number of benzene rings is 1. The van der Waals surface area contributed by atoms with Crippen molar-refractivity contribution in [2.45, 2.75) is 6.61 Å². The molecule has 7 heteroatoms. The fourth-order valence-corrected chi connectivity index (χ4v) is 2.82. The van der Waals surface area contributed by atoms with Gasteiger partial charge in [-0.25, -0.2) is 4.98 Å². The van der Waals surface area contributed by atoms with Crippen molar-refractivity contribution in [2.75, 3.05) is 0 Å². The van der Waals surface area contributed by atoms with Crippen LogP contribution in [-0.2, 0) is 6.61 Å². The van der Waals surface area contributed by atoms with Crippen LogP contribution < -0.4 is 0 Å². The van der Waals surface area contributed by atoms with Crippen molar-refractivity contribution < 1.29 is 10.0 Å². The Bertz CT molecular complexity index is 767. The Hall–Kier alpha value is -2.38. The van der Waals surface area contributed by atoms with Crippen molar-refractivity contribution >= 4 is 27.2 Å². The third-order valence-electron chi connectivity index (χ3n) is 2.81. The number of fused-ring (bicyclic) bond motifs is 1. The molecule has 0 radical (unpaired) electrons. The minimum absolute atomic E-state index is 0.0519. The maximum absolute atomic E-state index is 10.9. The van der Waals surface area contributed by atoms with Gasteiger partial charge in [-0.15, -0.1) is 11.3 Å². The second-order valence-electron chi connectivity index (χ2n) is 4.17. The van der Waals surface area contributed by atoms with Gasteiger partial charge in [0.2, 0.25) is 0 Å². The number of nitrogens with zero attached hydrogens (tertiary/aromatic N) is 3. The minimum Gasteiger partial charge on any atom is -0.392 e. The van der Waals surface area contributed by atoms with Crippen LogP contribution in [0.3, 0.4) is 0 Å². The summed E-state index contributed by atoms with van der Waals surface area (Å²) in [6.07, 6.45) is 3.36. The van der Waals surface area contributed by atoms with Crippen molar-refractivity contribution in [2.24, 2.45) is 0 Å². The zero-order valence-electron chi connectivity index (χ0n) is 10.2. The Morgan fingerprint density at radius 1 is 1.35 bits per heavy atom. The van der Waals surface area contributed by atoms with E-state index in [-0.39, 0.29) is 12.3 Å². The van der Waals surface area contributed by atoms with Crippen molar-refractivity contribution in [1.82, 2.24) is 9.97 Å². The van der Waals surface area contributed by atoms with E-state index in [2.05, 4.69) is 9.97 Å². The first-order chi connectivity index (χ1) is 9.67. The molecule has 1 N–H and O–H groups in total. The van der Waals surface area contributed by atoms with Crippen LogP contribution >= 0.6 is 11.3 Å². The van der Waals surface area contributed by atoms with E-state index < -0.39 is 4.92 Å². The number of hydrogen-bond acceptors (Lipinski definition) is 6. The molecule has 0 aliphatic heterocycles. The molecule has 2 heterocycles. The van der Waals surface area contributed by atoms with Crippen LogP contribution in [-0.4, -0.2) is 20.0 Å². The van der Waals surface area contributed by atoms with Gasteiger partial charge in [0.25, 0.3) is 5.69 Å². The van der Waals surface area contributed by atoms with Gasteiger partial charge in [-0.1, -0.05) is 0 Å². The molecule has 2 aromatic heterocycles. The van der Waals surface area contributed by atoms with Gasteiger partial charge in [0.1, 0.15) is 5.01 Å². The second-order valence-corrected chi connectivity index (χ2v) is 5.20. The van der Waals surface area contributed by atoms with Gasteiger partial charge in [-0.05, 0) is 17.7 Å². The quantitative estimate of drug-likeness (QED) is 0.591. The molecule has 3 rings (SSSR count). The summed E-state index contributed by atoms with van der Waals surface area (Å²) in [6.45, 7) is -0.249. The zero-order valence-corrected chi connectivity index (χ0v) is 11.0. The van der Waals surface area contributed by atoms with Crippen LogP contribution in [0.25, 0.3) is 20.8 Å². The lowest BCUT2D eigenvalue weighted by molar-refractivity contribution is -0.384. The topological polar surface area (TPSA) is 89.2 Å². The van der Waals surface area contributed by atoms with Crippen LogP contribution in [0.1, 0.15) is 5.56 Å². The Morgan fingerprint density at radius 2 is 2.20 bits per heavy atom. The molecule has 6 nitrogen and oxygen atoms in total. The van der Waals surface area contributed by atoms with Gasteiger partial charge in [-0.2, -0.15) is 0 Å². The summed E-state index contributed by atoms with van der Waals surface area (Å²) in [5.41, 5.74) is 1.87. The van der Waals surface area contributed by atoms with E-state index in [1.165, 1.54) is 23.5 Å². The standard InChI is InChI=1S/C13H9N3O3S/c17-7-8-3-9(5-10(4-8)16(18)19)13-15-11-1-2-14-6-12(11)20-13/h1-6,17H,7H2. The molecule has 100 valence electrons. The van der Waals surface area contributed by atoms with Crippen molar-refractivity contribution in [3.05, 3.63) is 52.3 Å². The first-order valence-electron chi connectivity index (χ1n) is 5.77. The van der Waals surface area contributed by atoms with Crippen LogP contribution in [0.4, 0.5) is 5.69 Å². The number of thiazole rings is 1. The van der Waals surface area contributed by atoms with Gasteiger partial charge in [0.05, 0.1) is 21.7 Å². The number of rotatable bonds is 3. The molecule has 0 saturated carbocycles. The predicted molar refractivity (Wildman–Crippen MR) is 75.4 cm³/mol. The highest BCUT2D eigenvalue weighted by Crippen LogP contribution is 2.32. The summed E-state index contributed by atoms with van der Waals surface area (Å²) in [6, 6.07) is 6.32. The smallest absolute Gasteiger partial charge is 0.270 e. The molecular weight excluding hydrogens is 278 g/mol. The average Bonchev–Trinajstić information content (AvgIpc) is 2.90. The summed E-state index contributed by atoms with van der Waals surface area (Å²) in [5, 5.41) is 20.8. The Balaban J connectivity index is 2.17. The summed E-state index contributed by atoms with van der Waals surface area (Å²) in [5.74, 6) is 0. The van der Waals surface area contributed by atoms with E-state index in [0.717, 1.165) is 10.2 Å². The maximum Gasteiger partial charge on any atom is 0.270 e. The van der Waals surface area contributed by atoms with Gasteiger partial charge in [0.15, 0.2) is 0 Å². The number of hydrogen-bond donors (Lipinski definition) is 1. The molecule has 0 atom stereocenters. The number of nitro benzene ring substituents is 1. The second kappa shape index (κ2) is 4.95. The molecule has 3 aromatic rings. The van der Waals surface area contributed by atoms with Crippen molar-refractivity contribution in [3.63, 3.8) is 0 Å².